The van der Waals surface area contributed by atoms with Crippen LogP contribution in [0.1, 0.15) is 20.3 Å². The molecular formula is C21H22FN3O4. The van der Waals surface area contributed by atoms with E-state index in [4.69, 9.17) is 4.74 Å². The van der Waals surface area contributed by atoms with Gasteiger partial charge in [-0.15, -0.1) is 0 Å². The molecule has 0 aliphatic carbocycles. The predicted octanol–water partition coefficient (Wildman–Crippen LogP) is 3.17. The molecule has 1 unspecified atom stereocenters. The van der Waals surface area contributed by atoms with Crippen LogP contribution in [0.15, 0.2) is 42.5 Å². The molecule has 1 atom stereocenters. The van der Waals surface area contributed by atoms with Gasteiger partial charge in [-0.3, -0.25) is 14.4 Å². The van der Waals surface area contributed by atoms with Crippen LogP contribution in [-0.4, -0.2) is 30.9 Å². The van der Waals surface area contributed by atoms with Gasteiger partial charge >= 0.3 is 0 Å². The van der Waals surface area contributed by atoms with Crippen molar-refractivity contribution < 1.29 is 23.5 Å². The van der Waals surface area contributed by atoms with Crippen LogP contribution >= 0.6 is 0 Å². The summed E-state index contributed by atoms with van der Waals surface area (Å²) in [6, 6.07) is 11.0. The van der Waals surface area contributed by atoms with Crippen LogP contribution in [0.5, 0.6) is 5.75 Å². The third-order valence-electron chi connectivity index (χ3n) is 4.50. The van der Waals surface area contributed by atoms with Gasteiger partial charge in [0.05, 0.1) is 18.2 Å². The number of benzene rings is 2. The number of carbonyl (C=O) groups excluding carboxylic acids is 3. The monoisotopic (exact) mass is 399 g/mol. The number of amides is 3. The highest BCUT2D eigenvalue weighted by molar-refractivity contribution is 6.03. The summed E-state index contributed by atoms with van der Waals surface area (Å²) in [5, 5.41) is 5.05. The van der Waals surface area contributed by atoms with Gasteiger partial charge in [0.2, 0.25) is 17.7 Å². The average Bonchev–Trinajstić information content (AvgIpc) is 3.07. The molecule has 3 rings (SSSR count). The average molecular weight is 399 g/mol. The fourth-order valence-corrected chi connectivity index (χ4v) is 3.15. The molecule has 1 aliphatic rings. The maximum absolute atomic E-state index is 13.7. The van der Waals surface area contributed by atoms with Gasteiger partial charge in [0.25, 0.3) is 0 Å². The number of nitrogens with zero attached hydrogens (tertiary/aromatic N) is 1. The molecule has 152 valence electrons. The van der Waals surface area contributed by atoms with Crippen LogP contribution < -0.4 is 20.3 Å². The van der Waals surface area contributed by atoms with Crippen molar-refractivity contribution >= 4 is 34.8 Å². The Balaban J connectivity index is 1.66. The Morgan fingerprint density at radius 3 is 2.55 bits per heavy atom. The summed E-state index contributed by atoms with van der Waals surface area (Å²) in [7, 11) is 0. The standard InChI is InChI=1S/C21H22FN3O4/c1-3-29-17-7-5-16(6-8-17)25-12-14(10-20(25)27)21(28)24-15-4-9-18(22)19(11-15)23-13(2)26/h4-9,11,14H,3,10,12H2,1-2H3,(H,23,26)(H,24,28). The van der Waals surface area contributed by atoms with Crippen molar-refractivity contribution in [2.75, 3.05) is 28.7 Å². The van der Waals surface area contributed by atoms with Gasteiger partial charge < -0.3 is 20.3 Å². The minimum Gasteiger partial charge on any atom is -0.494 e. The Kier molecular flexibility index (Phi) is 6.11. The Bertz CT molecular complexity index is 930. The molecule has 8 heteroatoms. The fourth-order valence-electron chi connectivity index (χ4n) is 3.15. The summed E-state index contributed by atoms with van der Waals surface area (Å²) in [6.45, 7) is 3.96. The van der Waals surface area contributed by atoms with Gasteiger partial charge in [-0.25, -0.2) is 4.39 Å². The van der Waals surface area contributed by atoms with Crippen molar-refractivity contribution in [1.82, 2.24) is 0 Å². The third kappa shape index (κ3) is 4.90. The lowest BCUT2D eigenvalue weighted by molar-refractivity contribution is -0.122. The van der Waals surface area contributed by atoms with Crippen LogP contribution in [0.3, 0.4) is 0 Å². The zero-order valence-corrected chi connectivity index (χ0v) is 16.2. The highest BCUT2D eigenvalue weighted by Gasteiger charge is 2.35. The maximum atomic E-state index is 13.7. The van der Waals surface area contributed by atoms with E-state index in [-0.39, 0.29) is 30.5 Å². The molecular weight excluding hydrogens is 377 g/mol. The van der Waals surface area contributed by atoms with Crippen molar-refractivity contribution in [2.45, 2.75) is 20.3 Å². The lowest BCUT2D eigenvalue weighted by Gasteiger charge is -2.17. The highest BCUT2D eigenvalue weighted by Crippen LogP contribution is 2.28. The van der Waals surface area contributed by atoms with Crippen LogP contribution in [0, 0.1) is 11.7 Å². The molecule has 1 saturated heterocycles. The number of hydrogen-bond acceptors (Lipinski definition) is 4. The van der Waals surface area contributed by atoms with Crippen molar-refractivity contribution in [3.05, 3.63) is 48.3 Å². The molecule has 0 aromatic heterocycles. The molecule has 1 heterocycles. The predicted molar refractivity (Wildman–Crippen MR) is 107 cm³/mol. The quantitative estimate of drug-likeness (QED) is 0.781. The Morgan fingerprint density at radius 1 is 1.17 bits per heavy atom. The zero-order chi connectivity index (χ0) is 21.0. The first-order valence-corrected chi connectivity index (χ1v) is 9.28. The molecule has 1 aliphatic heterocycles. The summed E-state index contributed by atoms with van der Waals surface area (Å²) in [5.41, 5.74) is 1.02. The summed E-state index contributed by atoms with van der Waals surface area (Å²) >= 11 is 0. The number of ether oxygens (including phenoxy) is 1. The van der Waals surface area contributed by atoms with E-state index < -0.39 is 17.6 Å². The molecule has 3 amide bonds. The molecule has 2 aromatic rings. The van der Waals surface area contributed by atoms with Gasteiger partial charge in [0.1, 0.15) is 11.6 Å². The van der Waals surface area contributed by atoms with Crippen LogP contribution in [0.2, 0.25) is 0 Å². The first-order valence-electron chi connectivity index (χ1n) is 9.28. The molecule has 29 heavy (non-hydrogen) atoms. The molecule has 0 spiro atoms. The first-order chi connectivity index (χ1) is 13.9. The van der Waals surface area contributed by atoms with Gasteiger partial charge in [0.15, 0.2) is 0 Å². The van der Waals surface area contributed by atoms with Crippen molar-refractivity contribution in [3.63, 3.8) is 0 Å². The lowest BCUT2D eigenvalue weighted by Crippen LogP contribution is -2.28. The molecule has 0 bridgehead atoms. The van der Waals surface area contributed by atoms with E-state index in [1.54, 1.807) is 29.2 Å². The molecule has 2 aromatic carbocycles. The minimum atomic E-state index is -0.601. The SMILES string of the molecule is CCOc1ccc(N2CC(C(=O)Nc3ccc(F)c(NC(C)=O)c3)CC2=O)cc1. The number of rotatable bonds is 6. The second-order valence-corrected chi connectivity index (χ2v) is 6.70. The largest absolute Gasteiger partial charge is 0.494 e. The Hall–Kier alpha value is -3.42. The van der Waals surface area contributed by atoms with E-state index >= 15 is 0 Å². The first kappa shape index (κ1) is 20.3. The topological polar surface area (TPSA) is 87.7 Å². The summed E-state index contributed by atoms with van der Waals surface area (Å²) in [6.07, 6.45) is 0.0821. The minimum absolute atomic E-state index is 0.0196. The van der Waals surface area contributed by atoms with Crippen molar-refractivity contribution in [1.29, 1.82) is 0 Å². The van der Waals surface area contributed by atoms with E-state index in [0.717, 1.165) is 6.07 Å². The number of nitrogens with one attached hydrogen (secondary N) is 2. The highest BCUT2D eigenvalue weighted by atomic mass is 19.1. The van der Waals surface area contributed by atoms with Gasteiger partial charge in [-0.2, -0.15) is 0 Å². The summed E-state index contributed by atoms with van der Waals surface area (Å²) < 4.78 is 19.1. The Labute approximate surface area is 167 Å². The van der Waals surface area contributed by atoms with E-state index in [0.29, 0.717) is 23.7 Å². The van der Waals surface area contributed by atoms with Crippen LogP contribution in [-0.2, 0) is 14.4 Å². The third-order valence-corrected chi connectivity index (χ3v) is 4.50. The second-order valence-electron chi connectivity index (χ2n) is 6.70. The van der Waals surface area contributed by atoms with Crippen molar-refractivity contribution in [3.8, 4) is 5.75 Å². The van der Waals surface area contributed by atoms with E-state index in [2.05, 4.69) is 10.6 Å². The maximum Gasteiger partial charge on any atom is 0.229 e. The van der Waals surface area contributed by atoms with Crippen molar-refractivity contribution in [2.24, 2.45) is 5.92 Å². The Morgan fingerprint density at radius 2 is 1.90 bits per heavy atom. The molecule has 2 N–H and O–H groups in total. The van der Waals surface area contributed by atoms with E-state index in [9.17, 15) is 18.8 Å². The zero-order valence-electron chi connectivity index (χ0n) is 16.2. The summed E-state index contributed by atoms with van der Waals surface area (Å²) in [4.78, 5) is 37.7. The lowest BCUT2D eigenvalue weighted by atomic mass is 10.1. The van der Waals surface area contributed by atoms with Crippen LogP contribution in [0.4, 0.5) is 21.5 Å². The molecule has 0 saturated carbocycles. The number of halogens is 1. The fraction of sp³-hybridized carbons (Fsp3) is 0.286. The van der Waals surface area contributed by atoms with Gasteiger partial charge in [0, 0.05) is 31.3 Å². The second kappa shape index (κ2) is 8.72. The number of hydrogen-bond donors (Lipinski definition) is 2. The van der Waals surface area contributed by atoms with Gasteiger partial charge in [-0.05, 0) is 49.4 Å². The van der Waals surface area contributed by atoms with E-state index in [1.165, 1.54) is 19.1 Å². The molecule has 7 nitrogen and oxygen atoms in total. The number of carbonyl (C=O) groups is 3. The normalized spacial score (nSPS) is 15.9. The number of anilines is 3. The van der Waals surface area contributed by atoms with Gasteiger partial charge in [-0.1, -0.05) is 0 Å². The van der Waals surface area contributed by atoms with Crippen LogP contribution in [0.25, 0.3) is 0 Å². The van der Waals surface area contributed by atoms with E-state index in [1.807, 2.05) is 6.92 Å². The molecule has 0 radical (unpaired) electrons. The smallest absolute Gasteiger partial charge is 0.229 e. The molecule has 1 fully saturated rings. The summed E-state index contributed by atoms with van der Waals surface area (Å²) in [5.74, 6) is -1.33.